The number of rotatable bonds is 3. The number of furan rings is 1. The van der Waals surface area contributed by atoms with Crippen LogP contribution in [0.2, 0.25) is 0 Å². The summed E-state index contributed by atoms with van der Waals surface area (Å²) in [6.07, 6.45) is 0. The highest BCUT2D eigenvalue weighted by atomic mass is 16.3. The number of nitrogens with one attached hydrogen (secondary N) is 1. The van der Waals surface area contributed by atoms with Crippen molar-refractivity contribution in [3.8, 4) is 0 Å². The van der Waals surface area contributed by atoms with Gasteiger partial charge in [0.05, 0.1) is 5.69 Å². The van der Waals surface area contributed by atoms with Gasteiger partial charge in [0.15, 0.2) is 5.76 Å². The number of ketones is 1. The fourth-order valence-electron chi connectivity index (χ4n) is 2.17. The van der Waals surface area contributed by atoms with Crippen LogP contribution in [0.3, 0.4) is 0 Å². The average Bonchev–Trinajstić information content (AvgIpc) is 2.85. The molecule has 3 nitrogen and oxygen atoms in total. The van der Waals surface area contributed by atoms with Crippen molar-refractivity contribution in [3.63, 3.8) is 0 Å². The van der Waals surface area contributed by atoms with E-state index in [4.69, 9.17) is 4.42 Å². The van der Waals surface area contributed by atoms with E-state index in [-0.39, 0.29) is 5.78 Å². The molecule has 0 saturated heterocycles. The monoisotopic (exact) mass is 251 g/mol. The predicted octanol–water partition coefficient (Wildman–Crippen LogP) is 3.71. The largest absolute Gasteiger partial charge is 0.450 e. The molecule has 19 heavy (non-hydrogen) atoms. The van der Waals surface area contributed by atoms with Gasteiger partial charge in [-0.25, -0.2) is 0 Å². The zero-order chi connectivity index (χ0) is 13.2. The number of carbonyl (C=O) groups is 1. The first kappa shape index (κ1) is 11.5. The van der Waals surface area contributed by atoms with E-state index in [9.17, 15) is 4.79 Å². The summed E-state index contributed by atoms with van der Waals surface area (Å²) in [6.45, 7) is 0. The maximum atomic E-state index is 12.5. The normalized spacial score (nSPS) is 10.6. The van der Waals surface area contributed by atoms with Crippen molar-refractivity contribution in [1.82, 2.24) is 0 Å². The molecule has 0 spiro atoms. The van der Waals surface area contributed by atoms with Gasteiger partial charge in [-0.2, -0.15) is 0 Å². The third kappa shape index (κ3) is 1.89. The van der Waals surface area contributed by atoms with Gasteiger partial charge in [0, 0.05) is 18.0 Å². The van der Waals surface area contributed by atoms with Gasteiger partial charge < -0.3 is 9.73 Å². The Labute approximate surface area is 110 Å². The van der Waals surface area contributed by atoms with Crippen LogP contribution in [0.25, 0.3) is 11.0 Å². The minimum absolute atomic E-state index is 0.110. The van der Waals surface area contributed by atoms with E-state index in [1.807, 2.05) is 42.5 Å². The number of benzene rings is 2. The maximum Gasteiger partial charge on any atom is 0.230 e. The first-order valence-electron chi connectivity index (χ1n) is 6.10. The highest BCUT2D eigenvalue weighted by molar-refractivity contribution is 6.14. The van der Waals surface area contributed by atoms with Gasteiger partial charge in [0.2, 0.25) is 5.78 Å². The van der Waals surface area contributed by atoms with E-state index in [0.29, 0.717) is 16.9 Å². The van der Waals surface area contributed by atoms with Crippen molar-refractivity contribution in [2.24, 2.45) is 0 Å². The molecule has 0 bridgehead atoms. The Morgan fingerprint density at radius 3 is 2.42 bits per heavy atom. The molecule has 1 aromatic heterocycles. The molecule has 0 aliphatic heterocycles. The average molecular weight is 251 g/mol. The van der Waals surface area contributed by atoms with E-state index in [0.717, 1.165) is 11.1 Å². The molecule has 2 aromatic carbocycles. The molecule has 3 heteroatoms. The lowest BCUT2D eigenvalue weighted by atomic mass is 10.1. The number of hydrogen-bond acceptors (Lipinski definition) is 3. The van der Waals surface area contributed by atoms with E-state index >= 15 is 0 Å². The highest BCUT2D eigenvalue weighted by Crippen LogP contribution is 2.31. The summed E-state index contributed by atoms with van der Waals surface area (Å²) >= 11 is 0. The Balaban J connectivity index is 2.17. The van der Waals surface area contributed by atoms with Crippen LogP contribution in [0.5, 0.6) is 0 Å². The number of fused-ring (bicyclic) bond motifs is 1. The number of carbonyl (C=O) groups excluding carboxylic acids is 1. The quantitative estimate of drug-likeness (QED) is 0.721. The molecule has 1 N–H and O–H groups in total. The molecule has 0 amide bonds. The lowest BCUT2D eigenvalue weighted by Gasteiger charge is -2.01. The fourth-order valence-corrected chi connectivity index (χ4v) is 2.17. The topological polar surface area (TPSA) is 42.2 Å². The van der Waals surface area contributed by atoms with E-state index in [1.165, 1.54) is 0 Å². The summed E-state index contributed by atoms with van der Waals surface area (Å²) in [5.41, 5.74) is 2.08. The predicted molar refractivity (Wildman–Crippen MR) is 75.6 cm³/mol. The zero-order valence-corrected chi connectivity index (χ0v) is 10.5. The minimum atomic E-state index is -0.110. The summed E-state index contributed by atoms with van der Waals surface area (Å²) in [7, 11) is 1.79. The fraction of sp³-hybridized carbons (Fsp3) is 0.0625. The Morgan fingerprint density at radius 1 is 1.00 bits per heavy atom. The Bertz CT molecular complexity index is 729. The molecule has 3 rings (SSSR count). The molecular formula is C16H13NO2. The molecule has 94 valence electrons. The van der Waals surface area contributed by atoms with Gasteiger partial charge in [-0.05, 0) is 12.1 Å². The summed E-state index contributed by atoms with van der Waals surface area (Å²) in [4.78, 5) is 12.5. The molecule has 0 unspecified atom stereocenters. The van der Waals surface area contributed by atoms with Gasteiger partial charge in [-0.15, -0.1) is 0 Å². The van der Waals surface area contributed by atoms with Crippen LogP contribution in [0.15, 0.2) is 59.0 Å². The van der Waals surface area contributed by atoms with Crippen LogP contribution in [-0.4, -0.2) is 12.8 Å². The van der Waals surface area contributed by atoms with Crippen molar-refractivity contribution < 1.29 is 9.21 Å². The van der Waals surface area contributed by atoms with E-state index in [1.54, 1.807) is 19.2 Å². The van der Waals surface area contributed by atoms with Crippen LogP contribution in [-0.2, 0) is 0 Å². The summed E-state index contributed by atoms with van der Waals surface area (Å²) < 4.78 is 5.69. The van der Waals surface area contributed by atoms with Gasteiger partial charge >= 0.3 is 0 Å². The molecule has 0 aliphatic rings. The molecule has 1 heterocycles. The van der Waals surface area contributed by atoms with E-state index in [2.05, 4.69) is 5.32 Å². The smallest absolute Gasteiger partial charge is 0.230 e. The number of hydrogen-bond donors (Lipinski definition) is 1. The van der Waals surface area contributed by atoms with Crippen molar-refractivity contribution in [1.29, 1.82) is 0 Å². The van der Waals surface area contributed by atoms with Crippen molar-refractivity contribution >= 4 is 22.4 Å². The molecular weight excluding hydrogens is 238 g/mol. The molecule has 0 aliphatic carbocycles. The zero-order valence-electron chi connectivity index (χ0n) is 10.5. The van der Waals surface area contributed by atoms with Gasteiger partial charge in [-0.1, -0.05) is 42.5 Å². The van der Waals surface area contributed by atoms with Gasteiger partial charge in [0.25, 0.3) is 0 Å². The Morgan fingerprint density at radius 2 is 1.68 bits per heavy atom. The van der Waals surface area contributed by atoms with Crippen LogP contribution >= 0.6 is 0 Å². The lowest BCUT2D eigenvalue weighted by molar-refractivity contribution is 0.101. The SMILES string of the molecule is CNc1c(C(=O)c2ccccc2)oc2ccccc12. The van der Waals surface area contributed by atoms with Crippen LogP contribution in [0.1, 0.15) is 16.1 Å². The maximum absolute atomic E-state index is 12.5. The molecule has 0 atom stereocenters. The first-order valence-corrected chi connectivity index (χ1v) is 6.10. The Kier molecular flexibility index (Phi) is 2.80. The standard InChI is InChI=1S/C16H13NO2/c1-17-14-12-9-5-6-10-13(12)19-16(14)15(18)11-7-3-2-4-8-11/h2-10,17H,1H3. The summed E-state index contributed by atoms with van der Waals surface area (Å²) in [5.74, 6) is 0.246. The molecule has 0 saturated carbocycles. The molecule has 0 radical (unpaired) electrons. The van der Waals surface area contributed by atoms with E-state index < -0.39 is 0 Å². The van der Waals surface area contributed by atoms with Crippen molar-refractivity contribution in [2.45, 2.75) is 0 Å². The lowest BCUT2D eigenvalue weighted by Crippen LogP contribution is -2.02. The summed E-state index contributed by atoms with van der Waals surface area (Å²) in [5, 5.41) is 3.98. The van der Waals surface area contributed by atoms with Crippen molar-refractivity contribution in [2.75, 3.05) is 12.4 Å². The van der Waals surface area contributed by atoms with Crippen LogP contribution in [0.4, 0.5) is 5.69 Å². The third-order valence-corrected chi connectivity index (χ3v) is 3.09. The number of anilines is 1. The highest BCUT2D eigenvalue weighted by Gasteiger charge is 2.20. The second-order valence-electron chi connectivity index (χ2n) is 4.25. The molecule has 0 fully saturated rings. The number of para-hydroxylation sites is 1. The third-order valence-electron chi connectivity index (χ3n) is 3.09. The van der Waals surface area contributed by atoms with Crippen LogP contribution in [0, 0.1) is 0 Å². The van der Waals surface area contributed by atoms with Gasteiger partial charge in [0.1, 0.15) is 5.58 Å². The second-order valence-corrected chi connectivity index (χ2v) is 4.25. The Hall–Kier alpha value is -2.55. The first-order chi connectivity index (χ1) is 9.31. The van der Waals surface area contributed by atoms with Gasteiger partial charge in [-0.3, -0.25) is 4.79 Å². The van der Waals surface area contributed by atoms with Crippen molar-refractivity contribution in [3.05, 3.63) is 65.9 Å². The summed E-state index contributed by atoms with van der Waals surface area (Å²) in [6, 6.07) is 16.8. The van der Waals surface area contributed by atoms with Crippen LogP contribution < -0.4 is 5.32 Å². The minimum Gasteiger partial charge on any atom is -0.450 e. The molecule has 3 aromatic rings. The second kappa shape index (κ2) is 4.61.